The lowest BCUT2D eigenvalue weighted by Crippen LogP contribution is -2.27. The Morgan fingerprint density at radius 1 is 1.00 bits per heavy atom. The van der Waals surface area contributed by atoms with Crippen LogP contribution in [0.5, 0.6) is 0 Å². The van der Waals surface area contributed by atoms with Crippen molar-refractivity contribution in [1.82, 2.24) is 10.3 Å². The van der Waals surface area contributed by atoms with Gasteiger partial charge in [-0.15, -0.1) is 0 Å². The third-order valence-electron chi connectivity index (χ3n) is 5.43. The summed E-state index contributed by atoms with van der Waals surface area (Å²) in [6, 6.07) is 19.6. The second-order valence-corrected chi connectivity index (χ2v) is 7.28. The monoisotopic (exact) mass is 330 g/mol. The molecule has 0 radical (unpaired) electrons. The van der Waals surface area contributed by atoms with Crippen LogP contribution in [0.25, 0.3) is 22.2 Å². The van der Waals surface area contributed by atoms with Gasteiger partial charge in [0.25, 0.3) is 0 Å². The first-order valence-corrected chi connectivity index (χ1v) is 9.46. The van der Waals surface area contributed by atoms with E-state index in [-0.39, 0.29) is 0 Å². The summed E-state index contributed by atoms with van der Waals surface area (Å²) in [6.07, 6.45) is 5.05. The number of aryl methyl sites for hydroxylation is 2. The van der Waals surface area contributed by atoms with Crippen molar-refractivity contribution >= 4 is 10.9 Å². The number of rotatable bonds is 4. The van der Waals surface area contributed by atoms with Crippen LogP contribution in [0.1, 0.15) is 30.4 Å². The van der Waals surface area contributed by atoms with E-state index in [1.165, 1.54) is 54.4 Å². The van der Waals surface area contributed by atoms with Crippen molar-refractivity contribution in [2.45, 2.75) is 32.6 Å². The zero-order chi connectivity index (χ0) is 17.1. The Balaban J connectivity index is 1.67. The molecule has 0 bridgehead atoms. The van der Waals surface area contributed by atoms with E-state index in [4.69, 9.17) is 4.98 Å². The molecule has 0 unspecified atom stereocenters. The van der Waals surface area contributed by atoms with Crippen LogP contribution in [0, 0.1) is 12.8 Å². The van der Waals surface area contributed by atoms with Gasteiger partial charge in [-0.05, 0) is 69.3 Å². The molecule has 0 amide bonds. The van der Waals surface area contributed by atoms with Crippen LogP contribution in [0.4, 0.5) is 0 Å². The van der Waals surface area contributed by atoms with Gasteiger partial charge in [-0.1, -0.05) is 48.0 Å². The highest BCUT2D eigenvalue weighted by atomic mass is 14.9. The van der Waals surface area contributed by atoms with Gasteiger partial charge < -0.3 is 5.32 Å². The molecule has 0 aliphatic carbocycles. The number of piperidine rings is 1. The lowest BCUT2D eigenvalue weighted by atomic mass is 9.90. The third-order valence-corrected chi connectivity index (χ3v) is 5.43. The lowest BCUT2D eigenvalue weighted by Gasteiger charge is -2.22. The second kappa shape index (κ2) is 7.37. The van der Waals surface area contributed by atoms with Crippen molar-refractivity contribution in [3.05, 3.63) is 65.7 Å². The predicted octanol–water partition coefficient (Wildman–Crippen LogP) is 5.14. The fraction of sp³-hybridized carbons (Fsp3) is 0.348. The van der Waals surface area contributed by atoms with Crippen LogP contribution in [-0.4, -0.2) is 18.1 Å². The van der Waals surface area contributed by atoms with Crippen molar-refractivity contribution < 1.29 is 0 Å². The summed E-state index contributed by atoms with van der Waals surface area (Å²) >= 11 is 0. The maximum atomic E-state index is 4.92. The van der Waals surface area contributed by atoms with Gasteiger partial charge in [0.05, 0.1) is 11.2 Å². The third kappa shape index (κ3) is 3.74. The maximum absolute atomic E-state index is 4.92. The molecule has 2 heteroatoms. The number of hydrogen-bond acceptors (Lipinski definition) is 2. The van der Waals surface area contributed by atoms with Gasteiger partial charge in [0.2, 0.25) is 0 Å². The summed E-state index contributed by atoms with van der Waals surface area (Å²) in [5.41, 5.74) is 6.15. The van der Waals surface area contributed by atoms with Crippen molar-refractivity contribution in [3.63, 3.8) is 0 Å². The molecule has 128 valence electrons. The average Bonchev–Trinajstić information content (AvgIpc) is 2.67. The molecule has 1 aliphatic heterocycles. The first-order chi connectivity index (χ1) is 12.3. The predicted molar refractivity (Wildman–Crippen MR) is 106 cm³/mol. The summed E-state index contributed by atoms with van der Waals surface area (Å²) in [4.78, 5) is 4.92. The van der Waals surface area contributed by atoms with Crippen LogP contribution >= 0.6 is 0 Å². The van der Waals surface area contributed by atoms with Gasteiger partial charge in [-0.2, -0.15) is 0 Å². The van der Waals surface area contributed by atoms with E-state index in [0.29, 0.717) is 0 Å². The maximum Gasteiger partial charge on any atom is 0.0712 e. The van der Waals surface area contributed by atoms with E-state index >= 15 is 0 Å². The highest BCUT2D eigenvalue weighted by Crippen LogP contribution is 2.28. The second-order valence-electron chi connectivity index (χ2n) is 7.28. The number of nitrogens with one attached hydrogen (secondary N) is 1. The van der Waals surface area contributed by atoms with Gasteiger partial charge in [0.15, 0.2) is 0 Å². The van der Waals surface area contributed by atoms with Crippen LogP contribution in [0.3, 0.4) is 0 Å². The topological polar surface area (TPSA) is 24.9 Å². The van der Waals surface area contributed by atoms with Crippen molar-refractivity contribution in [1.29, 1.82) is 0 Å². The molecule has 3 aromatic rings. The quantitative estimate of drug-likeness (QED) is 0.716. The van der Waals surface area contributed by atoms with Gasteiger partial charge >= 0.3 is 0 Å². The van der Waals surface area contributed by atoms with Gasteiger partial charge in [-0.25, -0.2) is 4.98 Å². The van der Waals surface area contributed by atoms with E-state index < -0.39 is 0 Å². The van der Waals surface area contributed by atoms with E-state index in [1.807, 2.05) is 0 Å². The normalized spacial score (nSPS) is 15.6. The molecule has 1 fully saturated rings. The smallest absolute Gasteiger partial charge is 0.0712 e. The molecule has 1 N–H and O–H groups in total. The Bertz CT molecular complexity index is 846. The van der Waals surface area contributed by atoms with Crippen LogP contribution < -0.4 is 5.32 Å². The van der Waals surface area contributed by atoms with E-state index in [0.717, 1.165) is 23.5 Å². The fourth-order valence-electron chi connectivity index (χ4n) is 3.86. The zero-order valence-electron chi connectivity index (χ0n) is 15.0. The Morgan fingerprint density at radius 3 is 2.56 bits per heavy atom. The highest BCUT2D eigenvalue weighted by Gasteiger charge is 2.14. The zero-order valence-corrected chi connectivity index (χ0v) is 15.0. The molecular weight excluding hydrogens is 304 g/mol. The molecule has 0 saturated carbocycles. The Hall–Kier alpha value is -2.19. The fourth-order valence-corrected chi connectivity index (χ4v) is 3.86. The number of para-hydroxylation sites is 1. The number of fused-ring (bicyclic) bond motifs is 1. The molecule has 2 nitrogen and oxygen atoms in total. The lowest BCUT2D eigenvalue weighted by molar-refractivity contribution is 0.354. The first-order valence-electron chi connectivity index (χ1n) is 9.46. The Kier molecular flexibility index (Phi) is 4.80. The molecule has 2 heterocycles. The van der Waals surface area contributed by atoms with Crippen LogP contribution in [-0.2, 0) is 6.42 Å². The van der Waals surface area contributed by atoms with Gasteiger partial charge in [-0.3, -0.25) is 0 Å². The van der Waals surface area contributed by atoms with Crippen molar-refractivity contribution in [2.24, 2.45) is 5.92 Å². The molecule has 0 atom stereocenters. The number of nitrogens with zero attached hydrogens (tertiary/aromatic N) is 1. The molecule has 4 rings (SSSR count). The first kappa shape index (κ1) is 16.3. The standard InChI is InChI=1S/C23H26N2/c1-17-6-9-19(10-7-17)23-16-20(11-8-18-12-14-24-15-13-18)21-4-2-3-5-22(21)25-23/h2-7,9-10,16,18,24H,8,11-15H2,1H3. The molecule has 2 aromatic carbocycles. The summed E-state index contributed by atoms with van der Waals surface area (Å²) in [7, 11) is 0. The molecule has 1 saturated heterocycles. The van der Waals surface area contributed by atoms with Gasteiger partial charge in [0.1, 0.15) is 0 Å². The minimum Gasteiger partial charge on any atom is -0.317 e. The molecule has 25 heavy (non-hydrogen) atoms. The molecular formula is C23H26N2. The summed E-state index contributed by atoms with van der Waals surface area (Å²) in [5, 5.41) is 4.78. The molecule has 1 aliphatic rings. The van der Waals surface area contributed by atoms with Gasteiger partial charge in [0, 0.05) is 10.9 Å². The summed E-state index contributed by atoms with van der Waals surface area (Å²) in [6.45, 7) is 4.48. The number of hydrogen-bond donors (Lipinski definition) is 1. The van der Waals surface area contributed by atoms with E-state index in [9.17, 15) is 0 Å². The Morgan fingerprint density at radius 2 is 1.76 bits per heavy atom. The average molecular weight is 330 g/mol. The van der Waals surface area contributed by atoms with E-state index in [1.54, 1.807) is 0 Å². The Labute approximate surface area is 150 Å². The molecule has 1 aromatic heterocycles. The van der Waals surface area contributed by atoms with E-state index in [2.05, 4.69) is 66.8 Å². The number of pyridine rings is 1. The summed E-state index contributed by atoms with van der Waals surface area (Å²) < 4.78 is 0. The minimum atomic E-state index is 0.857. The number of aromatic nitrogens is 1. The van der Waals surface area contributed by atoms with Crippen LogP contribution in [0.15, 0.2) is 54.6 Å². The largest absolute Gasteiger partial charge is 0.317 e. The minimum absolute atomic E-state index is 0.857. The SMILES string of the molecule is Cc1ccc(-c2cc(CCC3CCNCC3)c3ccccc3n2)cc1. The summed E-state index contributed by atoms with van der Waals surface area (Å²) in [5.74, 6) is 0.857. The molecule has 0 spiro atoms. The van der Waals surface area contributed by atoms with Crippen molar-refractivity contribution in [2.75, 3.05) is 13.1 Å². The van der Waals surface area contributed by atoms with Crippen LogP contribution in [0.2, 0.25) is 0 Å². The highest BCUT2D eigenvalue weighted by molar-refractivity contribution is 5.85. The van der Waals surface area contributed by atoms with Crippen molar-refractivity contribution in [3.8, 4) is 11.3 Å². The number of benzene rings is 2.